The van der Waals surface area contributed by atoms with E-state index >= 15 is 0 Å². The summed E-state index contributed by atoms with van der Waals surface area (Å²) in [4.78, 5) is 0.288. The van der Waals surface area contributed by atoms with Crippen LogP contribution in [0, 0.1) is 24.7 Å². The number of sulfonamides is 1. The molecule has 2 rings (SSSR count). The SMILES string of the molecule is Cc1ccc(S(=O)(=O)[N-]CC(C)(C)C2[CH-]CCCC2)cc1.[Cu+2]. The van der Waals surface area contributed by atoms with Gasteiger partial charge in [0.2, 0.25) is 0 Å². The molecule has 1 fully saturated rings. The molecule has 0 spiro atoms. The van der Waals surface area contributed by atoms with Gasteiger partial charge in [-0.15, -0.1) is 6.54 Å². The van der Waals surface area contributed by atoms with E-state index in [0.29, 0.717) is 12.5 Å². The quantitative estimate of drug-likeness (QED) is 0.566. The molecule has 1 radical (unpaired) electrons. The van der Waals surface area contributed by atoms with Crippen LogP contribution in [0.3, 0.4) is 0 Å². The zero-order valence-corrected chi connectivity index (χ0v) is 15.2. The Morgan fingerprint density at radius 3 is 2.41 bits per heavy atom. The van der Waals surface area contributed by atoms with Crippen molar-refractivity contribution in [1.29, 1.82) is 0 Å². The van der Waals surface area contributed by atoms with Gasteiger partial charge in [0.25, 0.3) is 0 Å². The third-order valence-corrected chi connectivity index (χ3v) is 5.72. The van der Waals surface area contributed by atoms with Crippen LogP contribution >= 0.6 is 0 Å². The first-order valence-electron chi connectivity index (χ1n) is 7.65. The van der Waals surface area contributed by atoms with E-state index in [2.05, 4.69) is 25.0 Å². The van der Waals surface area contributed by atoms with E-state index < -0.39 is 10.0 Å². The summed E-state index contributed by atoms with van der Waals surface area (Å²) in [5, 5.41) is 0. The Hall–Kier alpha value is -0.351. The average Bonchev–Trinajstić information content (AvgIpc) is 2.47. The number of aryl methyl sites for hydroxylation is 1. The molecule has 0 aromatic heterocycles. The summed E-state index contributed by atoms with van der Waals surface area (Å²) in [6, 6.07) is 6.88. The molecule has 1 unspecified atom stereocenters. The van der Waals surface area contributed by atoms with Crippen LogP contribution in [-0.4, -0.2) is 15.0 Å². The van der Waals surface area contributed by atoms with Gasteiger partial charge in [-0.3, -0.25) is 0 Å². The summed E-state index contributed by atoms with van der Waals surface area (Å²) in [7, 11) is -3.54. The van der Waals surface area contributed by atoms with Gasteiger partial charge in [-0.2, -0.15) is 12.3 Å². The molecule has 3 nitrogen and oxygen atoms in total. The second kappa shape index (κ2) is 7.96. The predicted octanol–water partition coefficient (Wildman–Crippen LogP) is 4.48. The van der Waals surface area contributed by atoms with Crippen LogP contribution in [0.15, 0.2) is 29.2 Å². The number of hydrogen-bond acceptors (Lipinski definition) is 2. The van der Waals surface area contributed by atoms with Crippen LogP contribution in [-0.2, 0) is 27.1 Å². The molecule has 22 heavy (non-hydrogen) atoms. The molecule has 0 N–H and O–H groups in total. The molecular formula is C17H25CuNO2S. The Bertz CT molecular complexity index is 561. The van der Waals surface area contributed by atoms with E-state index in [-0.39, 0.29) is 27.4 Å². The van der Waals surface area contributed by atoms with Crippen LogP contribution in [0.25, 0.3) is 4.72 Å². The number of hydrogen-bond donors (Lipinski definition) is 0. The van der Waals surface area contributed by atoms with Gasteiger partial charge in [0.15, 0.2) is 0 Å². The second-order valence-corrected chi connectivity index (χ2v) is 8.37. The first-order valence-corrected chi connectivity index (χ1v) is 9.09. The Balaban J connectivity index is 0.00000242. The monoisotopic (exact) mass is 370 g/mol. The maximum absolute atomic E-state index is 12.3. The third-order valence-electron chi connectivity index (χ3n) is 4.39. The molecule has 0 saturated heterocycles. The minimum Gasteiger partial charge on any atom is -0.544 e. The van der Waals surface area contributed by atoms with E-state index in [1.54, 1.807) is 12.1 Å². The van der Waals surface area contributed by atoms with Crippen LogP contribution in [0.2, 0.25) is 0 Å². The Kier molecular flexibility index (Phi) is 7.13. The predicted molar refractivity (Wildman–Crippen MR) is 86.6 cm³/mol. The topological polar surface area (TPSA) is 48.2 Å². The van der Waals surface area contributed by atoms with Gasteiger partial charge in [-0.05, 0) is 19.1 Å². The van der Waals surface area contributed by atoms with Crippen molar-refractivity contribution < 1.29 is 25.5 Å². The van der Waals surface area contributed by atoms with Crippen molar-refractivity contribution in [3.63, 3.8) is 0 Å². The van der Waals surface area contributed by atoms with E-state index in [0.717, 1.165) is 18.4 Å². The van der Waals surface area contributed by atoms with Crippen LogP contribution in [0.1, 0.15) is 45.1 Å². The smallest absolute Gasteiger partial charge is 0.544 e. The van der Waals surface area contributed by atoms with Crippen molar-refractivity contribution in [2.75, 3.05) is 6.54 Å². The average molecular weight is 371 g/mol. The molecule has 1 aliphatic carbocycles. The first-order chi connectivity index (χ1) is 9.81. The maximum Gasteiger partial charge on any atom is 2.00 e. The van der Waals surface area contributed by atoms with Crippen molar-refractivity contribution in [2.45, 2.75) is 51.3 Å². The van der Waals surface area contributed by atoms with Gasteiger partial charge in [-0.25, -0.2) is 8.42 Å². The van der Waals surface area contributed by atoms with Gasteiger partial charge in [0.05, 0.1) is 0 Å². The van der Waals surface area contributed by atoms with Gasteiger partial charge in [0.1, 0.15) is 10.0 Å². The molecular weight excluding hydrogens is 346 g/mol. The minimum atomic E-state index is -3.54. The second-order valence-electron chi connectivity index (χ2n) is 6.69. The molecule has 0 heterocycles. The molecule has 0 amide bonds. The van der Waals surface area contributed by atoms with Crippen molar-refractivity contribution in [2.24, 2.45) is 11.3 Å². The van der Waals surface area contributed by atoms with E-state index in [1.807, 2.05) is 19.1 Å². The molecule has 5 heteroatoms. The fourth-order valence-corrected chi connectivity index (χ4v) is 3.94. The summed E-state index contributed by atoms with van der Waals surface area (Å²) in [6.45, 7) is 6.53. The first kappa shape index (κ1) is 19.7. The Morgan fingerprint density at radius 1 is 1.23 bits per heavy atom. The van der Waals surface area contributed by atoms with E-state index in [4.69, 9.17) is 0 Å². The van der Waals surface area contributed by atoms with Crippen LogP contribution in [0.4, 0.5) is 0 Å². The molecule has 1 aromatic carbocycles. The fraction of sp³-hybridized carbons (Fsp3) is 0.588. The molecule has 0 bridgehead atoms. The van der Waals surface area contributed by atoms with Crippen molar-refractivity contribution in [3.8, 4) is 0 Å². The summed E-state index contributed by atoms with van der Waals surface area (Å²) < 4.78 is 28.6. The van der Waals surface area contributed by atoms with Gasteiger partial charge < -0.3 is 11.1 Å². The number of nitrogens with zero attached hydrogens (tertiary/aromatic N) is 1. The van der Waals surface area contributed by atoms with E-state index in [1.165, 1.54) is 12.8 Å². The fourth-order valence-electron chi connectivity index (χ4n) is 2.81. The van der Waals surface area contributed by atoms with Gasteiger partial charge in [0, 0.05) is 4.90 Å². The molecule has 1 aliphatic rings. The largest absolute Gasteiger partial charge is 2.00 e. The molecule has 0 aliphatic heterocycles. The summed E-state index contributed by atoms with van der Waals surface area (Å²) in [6.07, 6.45) is 7.12. The zero-order chi connectivity index (χ0) is 15.5. The van der Waals surface area contributed by atoms with Crippen molar-refractivity contribution in [1.82, 2.24) is 0 Å². The van der Waals surface area contributed by atoms with Crippen LogP contribution < -0.4 is 0 Å². The summed E-state index contributed by atoms with van der Waals surface area (Å²) in [5.41, 5.74) is 0.948. The van der Waals surface area contributed by atoms with Gasteiger partial charge in [-0.1, -0.05) is 56.2 Å². The molecule has 1 atom stereocenters. The van der Waals surface area contributed by atoms with Crippen molar-refractivity contribution in [3.05, 3.63) is 41.0 Å². The summed E-state index contributed by atoms with van der Waals surface area (Å²) >= 11 is 0. The number of benzene rings is 1. The summed E-state index contributed by atoms with van der Waals surface area (Å²) in [5.74, 6) is 0.461. The normalized spacial score (nSPS) is 19.5. The molecule has 1 saturated carbocycles. The van der Waals surface area contributed by atoms with E-state index in [9.17, 15) is 8.42 Å². The maximum atomic E-state index is 12.3. The van der Waals surface area contributed by atoms with Crippen molar-refractivity contribution >= 4 is 10.0 Å². The third kappa shape index (κ3) is 5.09. The zero-order valence-electron chi connectivity index (χ0n) is 13.5. The van der Waals surface area contributed by atoms with Crippen LogP contribution in [0.5, 0.6) is 0 Å². The standard InChI is InChI=1S/C17H25NO2S.Cu/c1-14-9-11-16(12-10-14)21(19,20)18-13-17(2,3)15-7-5-4-6-8-15;/h7,9-12,15H,4-6,8,13H2,1-3H3;/q-2;+2. The minimum absolute atomic E-state index is 0. The van der Waals surface area contributed by atoms with Gasteiger partial charge >= 0.3 is 17.1 Å². The molecule has 127 valence electrons. The Labute approximate surface area is 145 Å². The number of rotatable bonds is 5. The Morgan fingerprint density at radius 2 is 1.86 bits per heavy atom. The molecule has 1 aromatic rings.